The van der Waals surface area contributed by atoms with Crippen LogP contribution in [0, 0.1) is 0 Å². The second-order valence-corrected chi connectivity index (χ2v) is 6.98. The van der Waals surface area contributed by atoms with E-state index in [1.807, 2.05) is 6.07 Å². The predicted molar refractivity (Wildman–Crippen MR) is 85.0 cm³/mol. The molecule has 0 bridgehead atoms. The van der Waals surface area contributed by atoms with E-state index in [-0.39, 0.29) is 11.6 Å². The van der Waals surface area contributed by atoms with Gasteiger partial charge in [0.1, 0.15) is 11.4 Å². The smallest absolute Gasteiger partial charge is 0.126 e. The highest BCUT2D eigenvalue weighted by molar-refractivity contribution is 9.10. The fourth-order valence-electron chi connectivity index (χ4n) is 3.53. The highest BCUT2D eigenvalue weighted by atomic mass is 79.9. The lowest BCUT2D eigenvalue weighted by atomic mass is 9.82. The summed E-state index contributed by atoms with van der Waals surface area (Å²) in [7, 11) is 0. The molecule has 1 saturated heterocycles. The topological polar surface area (TPSA) is 38.5 Å². The number of fused-ring (bicyclic) bond motifs is 1. The summed E-state index contributed by atoms with van der Waals surface area (Å²) in [6.45, 7) is 5.66. The van der Waals surface area contributed by atoms with Crippen LogP contribution in [0.1, 0.15) is 44.2 Å². The quantitative estimate of drug-likeness (QED) is 0.851. The predicted octanol–water partition coefficient (Wildman–Crippen LogP) is 3.48. The average Bonchev–Trinajstić information content (AvgIpc) is 2.60. The summed E-state index contributed by atoms with van der Waals surface area (Å²) < 4.78 is 7.51. The summed E-state index contributed by atoms with van der Waals surface area (Å²) in [5, 5.41) is 0. The van der Waals surface area contributed by atoms with E-state index in [9.17, 15) is 0 Å². The minimum absolute atomic E-state index is 0.0584. The molecule has 1 spiro atoms. The van der Waals surface area contributed by atoms with Crippen molar-refractivity contribution in [3.8, 4) is 5.75 Å². The second-order valence-electron chi connectivity index (χ2n) is 6.07. The van der Waals surface area contributed by atoms with Crippen molar-refractivity contribution in [3.63, 3.8) is 0 Å². The molecule has 2 heterocycles. The number of benzene rings is 1. The van der Waals surface area contributed by atoms with Crippen molar-refractivity contribution < 1.29 is 4.74 Å². The van der Waals surface area contributed by atoms with Crippen LogP contribution in [0.3, 0.4) is 0 Å². The van der Waals surface area contributed by atoms with Gasteiger partial charge in [0.2, 0.25) is 0 Å². The van der Waals surface area contributed by atoms with Gasteiger partial charge >= 0.3 is 0 Å². The molecule has 0 aromatic heterocycles. The molecule has 1 aromatic carbocycles. The van der Waals surface area contributed by atoms with Gasteiger partial charge in [-0.25, -0.2) is 0 Å². The van der Waals surface area contributed by atoms with Crippen LogP contribution in [-0.4, -0.2) is 30.1 Å². The standard InChI is InChI=1S/C16H23BrN2O/c1-2-19-8-3-6-16(7-9-19)11-14(18)13-5-4-12(17)10-15(13)20-16/h4-5,10,14H,2-3,6-9,11,18H2,1H3. The first-order valence-electron chi connectivity index (χ1n) is 7.58. The van der Waals surface area contributed by atoms with Gasteiger partial charge in [-0.2, -0.15) is 0 Å². The van der Waals surface area contributed by atoms with Crippen LogP contribution < -0.4 is 10.5 Å². The normalized spacial score (nSPS) is 30.6. The summed E-state index contributed by atoms with van der Waals surface area (Å²) >= 11 is 3.53. The molecule has 110 valence electrons. The lowest BCUT2D eigenvalue weighted by molar-refractivity contribution is 0.0218. The summed E-state index contributed by atoms with van der Waals surface area (Å²) in [6, 6.07) is 6.30. The van der Waals surface area contributed by atoms with E-state index in [4.69, 9.17) is 10.5 Å². The molecule has 2 N–H and O–H groups in total. The van der Waals surface area contributed by atoms with Crippen molar-refractivity contribution in [3.05, 3.63) is 28.2 Å². The number of halogens is 1. The first-order chi connectivity index (χ1) is 9.62. The molecule has 0 saturated carbocycles. The van der Waals surface area contributed by atoms with Crippen LogP contribution in [0.5, 0.6) is 5.75 Å². The van der Waals surface area contributed by atoms with Crippen molar-refractivity contribution in [1.82, 2.24) is 4.90 Å². The first-order valence-corrected chi connectivity index (χ1v) is 8.37. The number of nitrogens with zero attached hydrogens (tertiary/aromatic N) is 1. The van der Waals surface area contributed by atoms with Gasteiger partial charge in [0.25, 0.3) is 0 Å². The average molecular weight is 339 g/mol. The van der Waals surface area contributed by atoms with Gasteiger partial charge in [-0.15, -0.1) is 0 Å². The summed E-state index contributed by atoms with van der Waals surface area (Å²) in [4.78, 5) is 2.51. The van der Waals surface area contributed by atoms with Gasteiger partial charge in [0.15, 0.2) is 0 Å². The highest BCUT2D eigenvalue weighted by Gasteiger charge is 2.40. The Morgan fingerprint density at radius 2 is 2.25 bits per heavy atom. The zero-order chi connectivity index (χ0) is 14.2. The third-order valence-corrected chi connectivity index (χ3v) is 5.22. The Bertz CT molecular complexity index is 493. The van der Waals surface area contributed by atoms with Gasteiger partial charge < -0.3 is 15.4 Å². The molecule has 2 atom stereocenters. The van der Waals surface area contributed by atoms with Crippen LogP contribution in [0.15, 0.2) is 22.7 Å². The summed E-state index contributed by atoms with van der Waals surface area (Å²) in [6.07, 6.45) is 4.34. The van der Waals surface area contributed by atoms with Gasteiger partial charge in [0, 0.05) is 29.0 Å². The Hall–Kier alpha value is -0.580. The molecule has 1 aromatic rings. The molecule has 4 heteroatoms. The van der Waals surface area contributed by atoms with Crippen LogP contribution in [0.2, 0.25) is 0 Å². The second kappa shape index (κ2) is 5.66. The highest BCUT2D eigenvalue weighted by Crippen LogP contribution is 2.44. The zero-order valence-corrected chi connectivity index (χ0v) is 13.7. The summed E-state index contributed by atoms with van der Waals surface area (Å²) in [5.74, 6) is 0.975. The maximum atomic E-state index is 6.45. The number of ether oxygens (including phenoxy) is 1. The number of likely N-dealkylation sites (tertiary alicyclic amines) is 1. The zero-order valence-electron chi connectivity index (χ0n) is 12.1. The lowest BCUT2D eigenvalue weighted by Crippen LogP contribution is -2.43. The molecular formula is C16H23BrN2O. The van der Waals surface area contributed by atoms with Gasteiger partial charge in [-0.05, 0) is 44.5 Å². The van der Waals surface area contributed by atoms with Crippen molar-refractivity contribution in [1.29, 1.82) is 0 Å². The fourth-order valence-corrected chi connectivity index (χ4v) is 3.87. The van der Waals surface area contributed by atoms with Crippen LogP contribution >= 0.6 is 15.9 Å². The van der Waals surface area contributed by atoms with E-state index in [2.05, 4.69) is 39.9 Å². The van der Waals surface area contributed by atoms with Crippen molar-refractivity contribution >= 4 is 15.9 Å². The Kier molecular flexibility index (Phi) is 4.07. The van der Waals surface area contributed by atoms with Gasteiger partial charge in [-0.3, -0.25) is 0 Å². The number of rotatable bonds is 1. The molecule has 3 rings (SSSR count). The Morgan fingerprint density at radius 3 is 3.05 bits per heavy atom. The van der Waals surface area contributed by atoms with E-state index >= 15 is 0 Å². The molecule has 2 aliphatic rings. The van der Waals surface area contributed by atoms with Crippen LogP contribution in [0.4, 0.5) is 0 Å². The van der Waals surface area contributed by atoms with Crippen molar-refractivity contribution in [2.75, 3.05) is 19.6 Å². The van der Waals surface area contributed by atoms with Crippen molar-refractivity contribution in [2.45, 2.75) is 44.2 Å². The Morgan fingerprint density at radius 1 is 1.40 bits per heavy atom. The number of nitrogens with two attached hydrogens (primary N) is 1. The maximum Gasteiger partial charge on any atom is 0.126 e. The van der Waals surface area contributed by atoms with Crippen molar-refractivity contribution in [2.24, 2.45) is 5.73 Å². The minimum Gasteiger partial charge on any atom is -0.487 e. The Labute approximate surface area is 129 Å². The SMILES string of the molecule is CCN1CCCC2(CC1)CC(N)c1ccc(Br)cc1O2. The monoisotopic (exact) mass is 338 g/mol. The lowest BCUT2D eigenvalue weighted by Gasteiger charge is -2.41. The minimum atomic E-state index is -0.0584. The third-order valence-electron chi connectivity index (χ3n) is 4.73. The first kappa shape index (κ1) is 14.4. The van der Waals surface area contributed by atoms with Gasteiger partial charge in [0.05, 0.1) is 0 Å². The molecule has 3 nitrogen and oxygen atoms in total. The molecule has 0 radical (unpaired) electrons. The van der Waals surface area contributed by atoms with Crippen LogP contribution in [0.25, 0.3) is 0 Å². The Balaban J connectivity index is 1.86. The third kappa shape index (κ3) is 2.74. The molecule has 1 fully saturated rings. The van der Waals surface area contributed by atoms with Crippen LogP contribution in [-0.2, 0) is 0 Å². The molecule has 20 heavy (non-hydrogen) atoms. The fraction of sp³-hybridized carbons (Fsp3) is 0.625. The number of hydrogen-bond donors (Lipinski definition) is 1. The molecule has 2 aliphatic heterocycles. The van der Waals surface area contributed by atoms with E-state index < -0.39 is 0 Å². The largest absolute Gasteiger partial charge is 0.487 e. The molecular weight excluding hydrogens is 316 g/mol. The van der Waals surface area contributed by atoms with E-state index in [1.54, 1.807) is 0 Å². The number of hydrogen-bond acceptors (Lipinski definition) is 3. The summed E-state index contributed by atoms with van der Waals surface area (Å²) in [5.41, 5.74) is 7.50. The van der Waals surface area contributed by atoms with Gasteiger partial charge in [-0.1, -0.05) is 28.9 Å². The molecule has 0 amide bonds. The van der Waals surface area contributed by atoms with E-state index in [0.29, 0.717) is 0 Å². The van der Waals surface area contributed by atoms with E-state index in [0.717, 1.165) is 48.1 Å². The maximum absolute atomic E-state index is 6.45. The molecule has 2 unspecified atom stereocenters. The van der Waals surface area contributed by atoms with E-state index in [1.165, 1.54) is 13.0 Å². The molecule has 0 aliphatic carbocycles.